The summed E-state index contributed by atoms with van der Waals surface area (Å²) in [4.78, 5) is 0. The third-order valence-electron chi connectivity index (χ3n) is 10.5. The van der Waals surface area contributed by atoms with Crippen molar-refractivity contribution < 1.29 is 21.8 Å². The van der Waals surface area contributed by atoms with Gasteiger partial charge in [-0.05, 0) is 112 Å². The summed E-state index contributed by atoms with van der Waals surface area (Å²) in [6.45, 7) is 14.2. The van der Waals surface area contributed by atoms with Crippen molar-refractivity contribution in [3.8, 4) is 0 Å². The SMILES string of the molecule is C[Si](C)(CCC1CCC2OC2C1)O[Si](C)(O[Si](C)(O[Si](C)(C)CCC1CCC2OC2C1)c1ccccc1)c1ccccc1. The molecule has 2 aliphatic heterocycles. The maximum absolute atomic E-state index is 7.56. The average Bonchev–Trinajstić information content (AvgIpc) is 3.90. The first-order valence-corrected chi connectivity index (χ1v) is 27.8. The van der Waals surface area contributed by atoms with Crippen LogP contribution in [-0.4, -0.2) is 58.2 Å². The van der Waals surface area contributed by atoms with Crippen LogP contribution in [0, 0.1) is 11.8 Å². The molecule has 6 rings (SSSR count). The Morgan fingerprint density at radius 3 is 1.30 bits per heavy atom. The minimum Gasteiger partial charge on any atom is -0.433 e. The van der Waals surface area contributed by atoms with E-state index < -0.39 is 33.8 Å². The second kappa shape index (κ2) is 12.7. The monoisotopic (exact) mass is 654 g/mol. The number of benzene rings is 2. The largest absolute Gasteiger partial charge is 0.433 e. The van der Waals surface area contributed by atoms with Gasteiger partial charge < -0.3 is 21.8 Å². The maximum Gasteiger partial charge on any atom is 0.350 e. The van der Waals surface area contributed by atoms with Crippen molar-refractivity contribution in [1.29, 1.82) is 0 Å². The van der Waals surface area contributed by atoms with Gasteiger partial charge in [0.1, 0.15) is 0 Å². The van der Waals surface area contributed by atoms with E-state index in [0.29, 0.717) is 24.4 Å². The molecule has 4 aliphatic rings. The topological polar surface area (TPSA) is 52.8 Å². The van der Waals surface area contributed by atoms with Gasteiger partial charge in [0.25, 0.3) is 0 Å². The molecular weight excluding hydrogens is 601 g/mol. The van der Waals surface area contributed by atoms with E-state index >= 15 is 0 Å². The normalized spacial score (nSPS) is 31.3. The van der Waals surface area contributed by atoms with E-state index in [-0.39, 0.29) is 0 Å². The van der Waals surface area contributed by atoms with Crippen molar-refractivity contribution in [2.75, 3.05) is 0 Å². The highest BCUT2D eigenvalue weighted by Gasteiger charge is 2.51. The molecule has 9 heteroatoms. The fourth-order valence-corrected chi connectivity index (χ4v) is 26.9. The van der Waals surface area contributed by atoms with Crippen LogP contribution in [0.1, 0.15) is 51.4 Å². The Morgan fingerprint density at radius 2 is 0.930 bits per heavy atom. The summed E-state index contributed by atoms with van der Waals surface area (Å²) in [7, 11) is -9.80. The van der Waals surface area contributed by atoms with Gasteiger partial charge in [-0.1, -0.05) is 73.5 Å². The third-order valence-corrected chi connectivity index (χ3v) is 26.9. The molecule has 43 heavy (non-hydrogen) atoms. The van der Waals surface area contributed by atoms with Crippen LogP contribution in [0.5, 0.6) is 0 Å². The third kappa shape index (κ3) is 8.29. The van der Waals surface area contributed by atoms with Crippen molar-refractivity contribution >= 4 is 44.1 Å². The van der Waals surface area contributed by atoms with E-state index in [0.717, 1.165) is 23.9 Å². The van der Waals surface area contributed by atoms with Gasteiger partial charge >= 0.3 is 17.1 Å². The van der Waals surface area contributed by atoms with Crippen LogP contribution >= 0.6 is 0 Å². The Labute approximate surface area is 264 Å². The smallest absolute Gasteiger partial charge is 0.350 e. The molecule has 2 saturated carbocycles. The Balaban J connectivity index is 1.20. The second-order valence-corrected chi connectivity index (χ2v) is 30.7. The summed E-state index contributed by atoms with van der Waals surface area (Å²) in [5, 5.41) is 2.42. The van der Waals surface area contributed by atoms with Crippen LogP contribution in [0.25, 0.3) is 0 Å². The van der Waals surface area contributed by atoms with Crippen LogP contribution in [-0.2, 0) is 21.8 Å². The zero-order chi connectivity index (χ0) is 30.3. The fraction of sp³-hybridized carbons (Fsp3) is 0.647. The van der Waals surface area contributed by atoms with Crippen LogP contribution in [0.15, 0.2) is 60.7 Å². The molecule has 2 aromatic carbocycles. The lowest BCUT2D eigenvalue weighted by Gasteiger charge is -2.44. The Hall–Kier alpha value is -0.892. The van der Waals surface area contributed by atoms with Crippen LogP contribution in [0.2, 0.25) is 51.4 Å². The molecule has 2 saturated heterocycles. The summed E-state index contributed by atoms with van der Waals surface area (Å²) in [6.07, 6.45) is 12.2. The molecule has 0 spiro atoms. The first-order chi connectivity index (χ1) is 20.4. The van der Waals surface area contributed by atoms with Crippen LogP contribution < -0.4 is 10.4 Å². The summed E-state index contributed by atoms with van der Waals surface area (Å²) in [5.74, 6) is 1.54. The highest BCUT2D eigenvalue weighted by atomic mass is 28.5. The Kier molecular flexibility index (Phi) is 9.48. The van der Waals surface area contributed by atoms with Crippen molar-refractivity contribution in [3.63, 3.8) is 0 Å². The van der Waals surface area contributed by atoms with E-state index in [1.807, 2.05) is 0 Å². The quantitative estimate of drug-likeness (QED) is 0.158. The average molecular weight is 655 g/mol. The zero-order valence-electron chi connectivity index (χ0n) is 27.3. The minimum absolute atomic E-state index is 0.538. The molecule has 0 radical (unpaired) electrons. The molecule has 4 fully saturated rings. The molecule has 0 amide bonds. The summed E-state index contributed by atoms with van der Waals surface area (Å²) >= 11 is 0. The summed E-state index contributed by atoms with van der Waals surface area (Å²) < 4.78 is 34.1. The van der Waals surface area contributed by atoms with Crippen LogP contribution in [0.3, 0.4) is 0 Å². The van der Waals surface area contributed by atoms with E-state index in [1.54, 1.807) is 0 Å². The van der Waals surface area contributed by atoms with Gasteiger partial charge in [0.15, 0.2) is 16.6 Å². The lowest BCUT2D eigenvalue weighted by molar-refractivity contribution is 0.328. The van der Waals surface area contributed by atoms with Gasteiger partial charge in [0, 0.05) is 0 Å². The standard InChI is InChI=1S/C34H54O5Si4/c1-40(2,23-21-27-17-19-31-33(25-27)35-31)37-42(5,29-13-9-7-10-14-29)39-43(6,30-15-11-8-12-16-30)38-41(3,4)24-22-28-18-20-32-34(26-28)36-32/h7-16,27-28,31-34H,17-26H2,1-6H3. The van der Waals surface area contributed by atoms with Gasteiger partial charge in [-0.3, -0.25) is 0 Å². The van der Waals surface area contributed by atoms with E-state index in [9.17, 15) is 0 Å². The van der Waals surface area contributed by atoms with Crippen molar-refractivity contribution in [3.05, 3.63) is 60.7 Å². The molecule has 2 aromatic rings. The second-order valence-electron chi connectivity index (χ2n) is 15.3. The Morgan fingerprint density at radius 1 is 0.535 bits per heavy atom. The number of epoxide rings is 2. The fourth-order valence-electron chi connectivity index (χ4n) is 7.89. The lowest BCUT2D eigenvalue weighted by atomic mass is 9.88. The van der Waals surface area contributed by atoms with Gasteiger partial charge in [0.05, 0.1) is 24.4 Å². The predicted octanol–water partition coefficient (Wildman–Crippen LogP) is 7.32. The number of hydrogen-bond donors (Lipinski definition) is 0. The van der Waals surface area contributed by atoms with Crippen molar-refractivity contribution in [1.82, 2.24) is 0 Å². The van der Waals surface area contributed by atoms with Gasteiger partial charge in [-0.25, -0.2) is 0 Å². The predicted molar refractivity (Wildman–Crippen MR) is 184 cm³/mol. The van der Waals surface area contributed by atoms with Gasteiger partial charge in [-0.15, -0.1) is 0 Å². The Bertz CT molecular complexity index is 1120. The summed E-state index contributed by atoms with van der Waals surface area (Å²) in [6, 6.07) is 23.9. The number of rotatable bonds is 14. The number of hydrogen-bond acceptors (Lipinski definition) is 5. The molecule has 8 atom stereocenters. The van der Waals surface area contributed by atoms with Crippen molar-refractivity contribution in [2.24, 2.45) is 11.8 Å². The minimum atomic E-state index is -2.85. The molecule has 0 aromatic heterocycles. The molecule has 0 bridgehead atoms. The molecule has 2 aliphatic carbocycles. The van der Waals surface area contributed by atoms with Crippen LogP contribution in [0.4, 0.5) is 0 Å². The number of fused-ring (bicyclic) bond motifs is 2. The highest BCUT2D eigenvalue weighted by molar-refractivity contribution is 6.98. The van der Waals surface area contributed by atoms with Gasteiger partial charge in [0.2, 0.25) is 0 Å². The number of ether oxygens (including phenoxy) is 2. The lowest BCUT2D eigenvalue weighted by Crippen LogP contribution is -2.68. The molecular formula is C34H54O5Si4. The molecule has 5 nitrogen and oxygen atoms in total. The maximum atomic E-state index is 7.56. The van der Waals surface area contributed by atoms with Crippen molar-refractivity contribution in [2.45, 2.75) is 127 Å². The molecule has 236 valence electrons. The molecule has 8 unspecified atom stereocenters. The molecule has 0 N–H and O–H groups in total. The van der Waals surface area contributed by atoms with E-state index in [1.165, 1.54) is 61.7 Å². The first kappa shape index (κ1) is 32.1. The highest BCUT2D eigenvalue weighted by Crippen LogP contribution is 2.43. The van der Waals surface area contributed by atoms with Gasteiger partial charge in [-0.2, -0.15) is 0 Å². The summed E-state index contributed by atoms with van der Waals surface area (Å²) in [5.41, 5.74) is 0. The van der Waals surface area contributed by atoms with E-state index in [2.05, 4.69) is 99.9 Å². The van der Waals surface area contributed by atoms with E-state index in [4.69, 9.17) is 21.8 Å². The zero-order valence-corrected chi connectivity index (χ0v) is 31.3. The molecule has 2 heterocycles. The first-order valence-electron chi connectivity index (χ1n) is 16.9.